The van der Waals surface area contributed by atoms with Crippen LogP contribution in [0.15, 0.2) is 18.5 Å². The molecular formula is C10H15FN2O. The van der Waals surface area contributed by atoms with E-state index in [1.165, 1.54) is 6.07 Å². The van der Waals surface area contributed by atoms with Crippen molar-refractivity contribution in [3.63, 3.8) is 0 Å². The molecule has 1 aromatic heterocycles. The molecule has 0 fully saturated rings. The van der Waals surface area contributed by atoms with Crippen LogP contribution in [-0.4, -0.2) is 17.1 Å². The van der Waals surface area contributed by atoms with Crippen LogP contribution in [0.3, 0.4) is 0 Å². The van der Waals surface area contributed by atoms with Crippen molar-refractivity contribution in [2.45, 2.75) is 26.0 Å². The van der Waals surface area contributed by atoms with Crippen molar-refractivity contribution in [2.75, 3.05) is 6.61 Å². The summed E-state index contributed by atoms with van der Waals surface area (Å²) in [7, 11) is 0. The van der Waals surface area contributed by atoms with Crippen molar-refractivity contribution < 1.29 is 9.13 Å². The molecule has 1 aromatic rings. The Morgan fingerprint density at radius 1 is 1.50 bits per heavy atom. The number of pyridine rings is 1. The number of halogens is 1. The van der Waals surface area contributed by atoms with Gasteiger partial charge < -0.3 is 10.5 Å². The fourth-order valence-electron chi connectivity index (χ4n) is 0.967. The highest BCUT2D eigenvalue weighted by molar-refractivity contribution is 5.08. The molecule has 0 atom stereocenters. The molecule has 0 saturated carbocycles. The van der Waals surface area contributed by atoms with Gasteiger partial charge in [-0.05, 0) is 25.5 Å². The number of rotatable bonds is 4. The molecular weight excluding hydrogens is 183 g/mol. The zero-order valence-corrected chi connectivity index (χ0v) is 8.46. The van der Waals surface area contributed by atoms with Gasteiger partial charge in [0.1, 0.15) is 5.82 Å². The number of nitrogens with zero attached hydrogens (tertiary/aromatic N) is 1. The van der Waals surface area contributed by atoms with Crippen molar-refractivity contribution >= 4 is 0 Å². The lowest BCUT2D eigenvalue weighted by atomic mass is 10.1. The standard InChI is InChI=1S/C10H15FN2O/c1-10(2,12)7-14-6-8-3-9(11)5-13-4-8/h3-5H,6-7,12H2,1-2H3. The Morgan fingerprint density at radius 2 is 2.21 bits per heavy atom. The van der Waals surface area contributed by atoms with Gasteiger partial charge in [0.2, 0.25) is 0 Å². The number of hydrogen-bond donors (Lipinski definition) is 1. The van der Waals surface area contributed by atoms with Gasteiger partial charge in [-0.25, -0.2) is 4.39 Å². The summed E-state index contributed by atoms with van der Waals surface area (Å²) in [6, 6.07) is 1.40. The molecule has 1 heterocycles. The van der Waals surface area contributed by atoms with Gasteiger partial charge in [0.05, 0.1) is 19.4 Å². The third-order valence-electron chi connectivity index (χ3n) is 1.50. The van der Waals surface area contributed by atoms with E-state index in [1.807, 2.05) is 13.8 Å². The van der Waals surface area contributed by atoms with E-state index < -0.39 is 0 Å². The number of nitrogens with two attached hydrogens (primary N) is 1. The minimum absolute atomic E-state index is 0.339. The second-order valence-electron chi connectivity index (χ2n) is 3.99. The Labute approximate surface area is 83.1 Å². The van der Waals surface area contributed by atoms with Gasteiger partial charge in [0, 0.05) is 11.7 Å². The van der Waals surface area contributed by atoms with Crippen LogP contribution in [0.25, 0.3) is 0 Å². The first-order chi connectivity index (χ1) is 6.47. The molecule has 14 heavy (non-hydrogen) atoms. The summed E-state index contributed by atoms with van der Waals surface area (Å²) in [5.74, 6) is -0.349. The first-order valence-corrected chi connectivity index (χ1v) is 4.43. The minimum atomic E-state index is -0.360. The van der Waals surface area contributed by atoms with Crippen LogP contribution in [0.2, 0.25) is 0 Å². The van der Waals surface area contributed by atoms with Crippen LogP contribution >= 0.6 is 0 Å². The van der Waals surface area contributed by atoms with E-state index in [-0.39, 0.29) is 11.4 Å². The first kappa shape index (κ1) is 11.1. The monoisotopic (exact) mass is 198 g/mol. The van der Waals surface area contributed by atoms with E-state index in [9.17, 15) is 4.39 Å². The number of ether oxygens (including phenoxy) is 1. The lowest BCUT2D eigenvalue weighted by molar-refractivity contribution is 0.0847. The zero-order valence-electron chi connectivity index (χ0n) is 8.46. The third-order valence-corrected chi connectivity index (χ3v) is 1.50. The Hall–Kier alpha value is -1.00. The van der Waals surface area contributed by atoms with Crippen molar-refractivity contribution in [1.82, 2.24) is 4.98 Å². The van der Waals surface area contributed by atoms with E-state index in [0.29, 0.717) is 18.8 Å². The summed E-state index contributed by atoms with van der Waals surface area (Å²) >= 11 is 0. The highest BCUT2D eigenvalue weighted by atomic mass is 19.1. The second kappa shape index (κ2) is 4.48. The maximum atomic E-state index is 12.7. The van der Waals surface area contributed by atoms with E-state index in [4.69, 9.17) is 10.5 Å². The van der Waals surface area contributed by atoms with Crippen molar-refractivity contribution in [3.8, 4) is 0 Å². The third kappa shape index (κ3) is 4.30. The van der Waals surface area contributed by atoms with Crippen LogP contribution in [0.1, 0.15) is 19.4 Å². The summed E-state index contributed by atoms with van der Waals surface area (Å²) < 4.78 is 18.0. The lowest BCUT2D eigenvalue weighted by Gasteiger charge is -2.18. The summed E-state index contributed by atoms with van der Waals surface area (Å²) in [5.41, 5.74) is 6.07. The van der Waals surface area contributed by atoms with Crippen LogP contribution in [0.5, 0.6) is 0 Å². The average molecular weight is 198 g/mol. The van der Waals surface area contributed by atoms with Crippen LogP contribution in [0, 0.1) is 5.82 Å². The molecule has 0 radical (unpaired) electrons. The number of hydrogen-bond acceptors (Lipinski definition) is 3. The lowest BCUT2D eigenvalue weighted by Crippen LogP contribution is -2.37. The molecule has 3 nitrogen and oxygen atoms in total. The van der Waals surface area contributed by atoms with Crippen LogP contribution in [-0.2, 0) is 11.3 Å². The van der Waals surface area contributed by atoms with E-state index >= 15 is 0 Å². The maximum absolute atomic E-state index is 12.7. The van der Waals surface area contributed by atoms with Gasteiger partial charge in [-0.15, -0.1) is 0 Å². The van der Waals surface area contributed by atoms with Gasteiger partial charge in [-0.3, -0.25) is 4.98 Å². The van der Waals surface area contributed by atoms with Crippen LogP contribution in [0.4, 0.5) is 4.39 Å². The van der Waals surface area contributed by atoms with Gasteiger partial charge >= 0.3 is 0 Å². The van der Waals surface area contributed by atoms with E-state index in [1.54, 1.807) is 6.20 Å². The second-order valence-corrected chi connectivity index (χ2v) is 3.99. The van der Waals surface area contributed by atoms with E-state index in [2.05, 4.69) is 4.98 Å². The number of aromatic nitrogens is 1. The van der Waals surface area contributed by atoms with Crippen LogP contribution < -0.4 is 5.73 Å². The molecule has 0 unspecified atom stereocenters. The summed E-state index contributed by atoms with van der Waals surface area (Å²) in [6.45, 7) is 4.52. The average Bonchev–Trinajstić information content (AvgIpc) is 2.01. The van der Waals surface area contributed by atoms with E-state index in [0.717, 1.165) is 6.20 Å². The maximum Gasteiger partial charge on any atom is 0.141 e. The Bertz CT molecular complexity index is 296. The quantitative estimate of drug-likeness (QED) is 0.797. The van der Waals surface area contributed by atoms with Crippen molar-refractivity contribution in [2.24, 2.45) is 5.73 Å². The molecule has 0 amide bonds. The topological polar surface area (TPSA) is 48.1 Å². The smallest absolute Gasteiger partial charge is 0.141 e. The molecule has 2 N–H and O–H groups in total. The molecule has 0 bridgehead atoms. The molecule has 1 rings (SSSR count). The minimum Gasteiger partial charge on any atom is -0.375 e. The normalized spacial score (nSPS) is 11.7. The molecule has 0 aromatic carbocycles. The van der Waals surface area contributed by atoms with Gasteiger partial charge in [0.25, 0.3) is 0 Å². The molecule has 0 aliphatic carbocycles. The fourth-order valence-corrected chi connectivity index (χ4v) is 0.967. The molecule has 0 aliphatic rings. The van der Waals surface area contributed by atoms with Gasteiger partial charge in [0.15, 0.2) is 0 Å². The Morgan fingerprint density at radius 3 is 2.79 bits per heavy atom. The molecule has 4 heteroatoms. The predicted molar refractivity (Wildman–Crippen MR) is 52.1 cm³/mol. The molecule has 0 spiro atoms. The van der Waals surface area contributed by atoms with Crippen molar-refractivity contribution in [3.05, 3.63) is 29.8 Å². The summed E-state index contributed by atoms with van der Waals surface area (Å²) in [6.07, 6.45) is 2.74. The zero-order chi connectivity index (χ0) is 10.6. The Balaban J connectivity index is 2.39. The van der Waals surface area contributed by atoms with Crippen molar-refractivity contribution in [1.29, 1.82) is 0 Å². The highest BCUT2D eigenvalue weighted by Crippen LogP contribution is 2.04. The summed E-state index contributed by atoms with van der Waals surface area (Å²) in [4.78, 5) is 3.71. The summed E-state index contributed by atoms with van der Waals surface area (Å²) in [5, 5.41) is 0. The molecule has 0 saturated heterocycles. The molecule has 78 valence electrons. The first-order valence-electron chi connectivity index (χ1n) is 4.43. The van der Waals surface area contributed by atoms with Gasteiger partial charge in [-0.1, -0.05) is 0 Å². The van der Waals surface area contributed by atoms with Gasteiger partial charge in [-0.2, -0.15) is 0 Å². The predicted octanol–water partition coefficient (Wildman–Crippen LogP) is 1.47. The SMILES string of the molecule is CC(C)(N)COCc1cncc(F)c1. The molecule has 0 aliphatic heterocycles. The largest absolute Gasteiger partial charge is 0.375 e. The highest BCUT2D eigenvalue weighted by Gasteiger charge is 2.10. The Kier molecular flexibility index (Phi) is 3.55. The fraction of sp³-hybridized carbons (Fsp3) is 0.500.